The second-order valence-corrected chi connectivity index (χ2v) is 5.19. The van der Waals surface area contributed by atoms with E-state index in [2.05, 4.69) is 52.3 Å². The van der Waals surface area contributed by atoms with Crippen molar-refractivity contribution in [3.05, 3.63) is 48.2 Å². The van der Waals surface area contributed by atoms with Crippen molar-refractivity contribution in [2.45, 2.75) is 26.4 Å². The largest absolute Gasteiger partial charge is 0.337 e. The summed E-state index contributed by atoms with van der Waals surface area (Å²) in [5.74, 6) is 0.814. The number of hydrogen-bond donors (Lipinski definition) is 2. The number of imidazole rings is 1. The number of nitrogens with one attached hydrogen (secondary N) is 2. The summed E-state index contributed by atoms with van der Waals surface area (Å²) < 4.78 is 0. The molecule has 0 aliphatic carbocycles. The van der Waals surface area contributed by atoms with Crippen LogP contribution in [0.5, 0.6) is 0 Å². The summed E-state index contributed by atoms with van der Waals surface area (Å²) in [5, 5.41) is 3.42. The highest BCUT2D eigenvalue weighted by Crippen LogP contribution is 2.19. The van der Waals surface area contributed by atoms with Crippen LogP contribution in [0.4, 0.5) is 0 Å². The van der Waals surface area contributed by atoms with Crippen LogP contribution in [0.25, 0.3) is 22.6 Å². The lowest BCUT2D eigenvalue weighted by Gasteiger charge is -2.07. The third-order valence-corrected chi connectivity index (χ3v) is 3.17. The molecule has 4 heteroatoms. The molecule has 4 nitrogen and oxygen atoms in total. The van der Waals surface area contributed by atoms with Crippen LogP contribution in [-0.4, -0.2) is 21.0 Å². The zero-order valence-electron chi connectivity index (χ0n) is 11.7. The first-order valence-corrected chi connectivity index (χ1v) is 6.86. The van der Waals surface area contributed by atoms with Crippen LogP contribution >= 0.6 is 0 Å². The highest BCUT2D eigenvalue weighted by Gasteiger charge is 2.06. The molecule has 2 N–H and O–H groups in total. The Morgan fingerprint density at radius 3 is 2.85 bits per heavy atom. The molecule has 0 fully saturated rings. The number of aromatic amines is 1. The molecule has 3 rings (SSSR count). The molecule has 0 saturated carbocycles. The predicted molar refractivity (Wildman–Crippen MR) is 81.3 cm³/mol. The van der Waals surface area contributed by atoms with Crippen molar-refractivity contribution in [3.63, 3.8) is 0 Å². The zero-order valence-corrected chi connectivity index (χ0v) is 11.7. The fourth-order valence-electron chi connectivity index (χ4n) is 2.11. The molecule has 2 heterocycles. The third kappa shape index (κ3) is 2.70. The maximum Gasteiger partial charge on any atom is 0.157 e. The normalized spacial score (nSPS) is 11.3. The summed E-state index contributed by atoms with van der Waals surface area (Å²) in [7, 11) is 0. The van der Waals surface area contributed by atoms with Gasteiger partial charge in [-0.3, -0.25) is 4.98 Å². The molecule has 0 bridgehead atoms. The van der Waals surface area contributed by atoms with Gasteiger partial charge >= 0.3 is 0 Å². The number of nitrogens with zero attached hydrogens (tertiary/aromatic N) is 2. The summed E-state index contributed by atoms with van der Waals surface area (Å²) in [5.41, 5.74) is 4.14. The Morgan fingerprint density at radius 2 is 2.10 bits per heavy atom. The van der Waals surface area contributed by atoms with E-state index in [-0.39, 0.29) is 0 Å². The summed E-state index contributed by atoms with van der Waals surface area (Å²) in [4.78, 5) is 12.2. The molecule has 0 atom stereocenters. The molecule has 20 heavy (non-hydrogen) atoms. The third-order valence-electron chi connectivity index (χ3n) is 3.17. The Labute approximate surface area is 118 Å². The number of rotatable bonds is 4. The summed E-state index contributed by atoms with van der Waals surface area (Å²) in [6, 6.07) is 12.6. The van der Waals surface area contributed by atoms with Crippen LogP contribution in [0, 0.1) is 0 Å². The minimum Gasteiger partial charge on any atom is -0.337 e. The molecule has 0 spiro atoms. The number of benzene rings is 1. The SMILES string of the molecule is CC(C)NCc1ccc2nc(-c3ccccn3)[nH]c2c1. The summed E-state index contributed by atoms with van der Waals surface area (Å²) >= 11 is 0. The van der Waals surface area contributed by atoms with Crippen LogP contribution in [0.15, 0.2) is 42.6 Å². The van der Waals surface area contributed by atoms with Crippen molar-refractivity contribution in [1.82, 2.24) is 20.3 Å². The van der Waals surface area contributed by atoms with E-state index in [1.165, 1.54) is 5.56 Å². The Balaban J connectivity index is 1.91. The first-order valence-electron chi connectivity index (χ1n) is 6.86. The molecule has 0 aliphatic heterocycles. The molecule has 0 unspecified atom stereocenters. The molecule has 0 amide bonds. The molecular weight excluding hydrogens is 248 g/mol. The van der Waals surface area contributed by atoms with Crippen molar-refractivity contribution >= 4 is 11.0 Å². The highest BCUT2D eigenvalue weighted by molar-refractivity contribution is 5.79. The van der Waals surface area contributed by atoms with E-state index < -0.39 is 0 Å². The lowest BCUT2D eigenvalue weighted by molar-refractivity contribution is 0.589. The summed E-state index contributed by atoms with van der Waals surface area (Å²) in [6.07, 6.45) is 1.78. The zero-order chi connectivity index (χ0) is 13.9. The van der Waals surface area contributed by atoms with Gasteiger partial charge in [0.15, 0.2) is 5.82 Å². The average molecular weight is 266 g/mol. The van der Waals surface area contributed by atoms with Crippen molar-refractivity contribution in [2.24, 2.45) is 0 Å². The van der Waals surface area contributed by atoms with E-state index in [4.69, 9.17) is 0 Å². The fraction of sp³-hybridized carbons (Fsp3) is 0.250. The van der Waals surface area contributed by atoms with Gasteiger partial charge in [0.25, 0.3) is 0 Å². The van der Waals surface area contributed by atoms with Crippen LogP contribution in [-0.2, 0) is 6.54 Å². The van der Waals surface area contributed by atoms with Gasteiger partial charge in [0, 0.05) is 18.8 Å². The highest BCUT2D eigenvalue weighted by atomic mass is 14.9. The van der Waals surface area contributed by atoms with E-state index >= 15 is 0 Å². The lowest BCUT2D eigenvalue weighted by Crippen LogP contribution is -2.21. The number of pyridine rings is 1. The van der Waals surface area contributed by atoms with E-state index in [1.807, 2.05) is 18.2 Å². The first-order chi connectivity index (χ1) is 9.72. The second kappa shape index (κ2) is 5.43. The monoisotopic (exact) mass is 266 g/mol. The van der Waals surface area contributed by atoms with Crippen LogP contribution in [0.1, 0.15) is 19.4 Å². The van der Waals surface area contributed by atoms with E-state index in [0.29, 0.717) is 6.04 Å². The predicted octanol–water partition coefficient (Wildman–Crippen LogP) is 3.12. The van der Waals surface area contributed by atoms with Crippen molar-refractivity contribution in [1.29, 1.82) is 0 Å². The Hall–Kier alpha value is -2.20. The van der Waals surface area contributed by atoms with Gasteiger partial charge < -0.3 is 10.3 Å². The van der Waals surface area contributed by atoms with Gasteiger partial charge in [-0.05, 0) is 29.8 Å². The van der Waals surface area contributed by atoms with Crippen molar-refractivity contribution < 1.29 is 0 Å². The molecule has 0 aliphatic rings. The Morgan fingerprint density at radius 1 is 1.20 bits per heavy atom. The number of aromatic nitrogens is 3. The van der Waals surface area contributed by atoms with Gasteiger partial charge in [0.1, 0.15) is 5.69 Å². The molecule has 0 radical (unpaired) electrons. The molecule has 102 valence electrons. The van der Waals surface area contributed by atoms with Crippen LogP contribution < -0.4 is 5.32 Å². The van der Waals surface area contributed by atoms with Gasteiger partial charge in [0.2, 0.25) is 0 Å². The number of fused-ring (bicyclic) bond motifs is 1. The topological polar surface area (TPSA) is 53.6 Å². The van der Waals surface area contributed by atoms with Crippen molar-refractivity contribution in [2.75, 3.05) is 0 Å². The molecule has 2 aromatic heterocycles. The standard InChI is InChI=1S/C16H18N4/c1-11(2)18-10-12-6-7-13-15(9-12)20-16(19-13)14-5-3-4-8-17-14/h3-9,11,18H,10H2,1-2H3,(H,19,20). The number of H-pyrrole nitrogens is 1. The first kappa shape index (κ1) is 12.8. The van der Waals surface area contributed by atoms with Crippen LogP contribution in [0.2, 0.25) is 0 Å². The van der Waals surface area contributed by atoms with Gasteiger partial charge in [-0.1, -0.05) is 26.0 Å². The van der Waals surface area contributed by atoms with E-state index in [1.54, 1.807) is 6.20 Å². The molecular formula is C16H18N4. The Bertz CT molecular complexity index is 701. The maximum absolute atomic E-state index is 4.58. The van der Waals surface area contributed by atoms with Gasteiger partial charge in [-0.25, -0.2) is 4.98 Å². The van der Waals surface area contributed by atoms with E-state index in [9.17, 15) is 0 Å². The van der Waals surface area contributed by atoms with Gasteiger partial charge in [-0.2, -0.15) is 0 Å². The summed E-state index contributed by atoms with van der Waals surface area (Å²) in [6.45, 7) is 5.16. The number of hydrogen-bond acceptors (Lipinski definition) is 3. The quantitative estimate of drug-likeness (QED) is 0.763. The van der Waals surface area contributed by atoms with Gasteiger partial charge in [-0.15, -0.1) is 0 Å². The lowest BCUT2D eigenvalue weighted by atomic mass is 10.2. The van der Waals surface area contributed by atoms with Crippen molar-refractivity contribution in [3.8, 4) is 11.5 Å². The van der Waals surface area contributed by atoms with E-state index in [0.717, 1.165) is 29.1 Å². The molecule has 0 saturated heterocycles. The van der Waals surface area contributed by atoms with Gasteiger partial charge in [0.05, 0.1) is 11.0 Å². The minimum atomic E-state index is 0.483. The Kier molecular flexibility index (Phi) is 3.48. The molecule has 1 aromatic carbocycles. The molecule has 3 aromatic rings. The van der Waals surface area contributed by atoms with Crippen LogP contribution in [0.3, 0.4) is 0 Å². The minimum absolute atomic E-state index is 0.483. The average Bonchev–Trinajstić information content (AvgIpc) is 2.89. The smallest absolute Gasteiger partial charge is 0.157 e. The maximum atomic E-state index is 4.58. The fourth-order valence-corrected chi connectivity index (χ4v) is 2.11. The second-order valence-electron chi connectivity index (χ2n) is 5.19.